The van der Waals surface area contributed by atoms with Gasteiger partial charge in [-0.3, -0.25) is 4.79 Å². The Labute approximate surface area is 206 Å². The molecule has 6 nitrogen and oxygen atoms in total. The largest absolute Gasteiger partial charge is 0.491 e. The molecule has 0 bridgehead atoms. The van der Waals surface area contributed by atoms with Crippen LogP contribution in [0.2, 0.25) is 10.0 Å². The minimum absolute atomic E-state index is 0.148. The van der Waals surface area contributed by atoms with Crippen LogP contribution in [-0.4, -0.2) is 44.9 Å². The van der Waals surface area contributed by atoms with Crippen molar-refractivity contribution >= 4 is 39.1 Å². The molecule has 2 aromatic carbocycles. The number of carbonyl (C=O) groups is 1. The summed E-state index contributed by atoms with van der Waals surface area (Å²) in [6, 6.07) is 12.7. The summed E-state index contributed by atoms with van der Waals surface area (Å²) in [5.74, 6) is 0.450. The second-order valence-corrected chi connectivity index (χ2v) is 11.3. The van der Waals surface area contributed by atoms with Gasteiger partial charge in [-0.2, -0.15) is 0 Å². The highest BCUT2D eigenvalue weighted by molar-refractivity contribution is 7.88. The summed E-state index contributed by atoms with van der Waals surface area (Å²) < 4.78 is 33.1. The van der Waals surface area contributed by atoms with E-state index in [1.165, 1.54) is 4.31 Å². The molecule has 1 N–H and O–H groups in total. The minimum atomic E-state index is -3.58. The Hall–Kier alpha value is -1.80. The highest BCUT2D eigenvalue weighted by atomic mass is 35.5. The number of piperidine rings is 1. The quantitative estimate of drug-likeness (QED) is 0.487. The van der Waals surface area contributed by atoms with E-state index in [9.17, 15) is 13.2 Å². The Morgan fingerprint density at radius 1 is 1.18 bits per heavy atom. The molecule has 1 aliphatic heterocycles. The molecule has 1 heterocycles. The molecule has 0 aromatic heterocycles. The summed E-state index contributed by atoms with van der Waals surface area (Å²) in [5, 5.41) is 3.59. The predicted molar refractivity (Wildman–Crippen MR) is 132 cm³/mol. The average Bonchev–Trinajstić information content (AvgIpc) is 2.79. The number of hydrogen-bond acceptors (Lipinski definition) is 4. The van der Waals surface area contributed by atoms with Crippen LogP contribution in [0.15, 0.2) is 42.5 Å². The van der Waals surface area contributed by atoms with E-state index in [0.717, 1.165) is 11.3 Å². The normalized spacial score (nSPS) is 17.2. The van der Waals surface area contributed by atoms with Gasteiger partial charge in [0, 0.05) is 13.1 Å². The molecule has 0 radical (unpaired) electrons. The molecule has 1 unspecified atom stereocenters. The summed E-state index contributed by atoms with van der Waals surface area (Å²) in [6.07, 6.45) is 1.29. The minimum Gasteiger partial charge on any atom is -0.491 e. The van der Waals surface area contributed by atoms with E-state index in [2.05, 4.69) is 19.2 Å². The Morgan fingerprint density at radius 2 is 1.94 bits per heavy atom. The number of benzene rings is 2. The fourth-order valence-corrected chi connectivity index (χ4v) is 5.83. The van der Waals surface area contributed by atoms with Gasteiger partial charge >= 0.3 is 0 Å². The smallest absolute Gasteiger partial charge is 0.224 e. The zero-order valence-electron chi connectivity index (χ0n) is 18.9. The SMILES string of the molecule is CC(C)c1ccccc1OCCNC(=O)C1CCCN(S(=O)(=O)Cc2ccc(Cl)c(Cl)c2)C1. The number of nitrogens with one attached hydrogen (secondary N) is 1. The number of nitrogens with zero attached hydrogens (tertiary/aromatic N) is 1. The summed E-state index contributed by atoms with van der Waals surface area (Å²) in [5.41, 5.74) is 1.69. The summed E-state index contributed by atoms with van der Waals surface area (Å²) >= 11 is 11.9. The molecule has 180 valence electrons. The predicted octanol–water partition coefficient (Wildman–Crippen LogP) is 4.85. The van der Waals surface area contributed by atoms with Crippen LogP contribution in [0.5, 0.6) is 5.75 Å². The molecule has 1 atom stereocenters. The topological polar surface area (TPSA) is 75.7 Å². The van der Waals surface area contributed by atoms with Gasteiger partial charge in [0.05, 0.1) is 28.3 Å². The number of hydrogen-bond donors (Lipinski definition) is 1. The number of sulfonamides is 1. The van der Waals surface area contributed by atoms with Crippen LogP contribution in [-0.2, 0) is 20.6 Å². The first-order valence-electron chi connectivity index (χ1n) is 11.1. The molecular weight excluding hydrogens is 483 g/mol. The number of rotatable bonds is 9. The second kappa shape index (κ2) is 11.6. The van der Waals surface area contributed by atoms with Gasteiger partial charge in [0.1, 0.15) is 12.4 Å². The van der Waals surface area contributed by atoms with E-state index < -0.39 is 10.0 Å². The molecule has 3 rings (SSSR count). The second-order valence-electron chi connectivity index (χ2n) is 8.53. The van der Waals surface area contributed by atoms with Gasteiger partial charge in [-0.1, -0.05) is 61.3 Å². The van der Waals surface area contributed by atoms with Crippen LogP contribution in [0.3, 0.4) is 0 Å². The first kappa shape index (κ1) is 25.8. The monoisotopic (exact) mass is 512 g/mol. The summed E-state index contributed by atoms with van der Waals surface area (Å²) in [6.45, 7) is 5.50. The van der Waals surface area contributed by atoms with Gasteiger partial charge in [-0.05, 0) is 48.1 Å². The van der Waals surface area contributed by atoms with Crippen molar-refractivity contribution in [3.8, 4) is 5.75 Å². The lowest BCUT2D eigenvalue weighted by Gasteiger charge is -2.31. The van der Waals surface area contributed by atoms with Crippen molar-refractivity contribution in [3.63, 3.8) is 0 Å². The molecule has 1 aliphatic rings. The Kier molecular flexibility index (Phi) is 9.04. The van der Waals surface area contributed by atoms with E-state index in [4.69, 9.17) is 27.9 Å². The molecule has 1 saturated heterocycles. The summed E-state index contributed by atoms with van der Waals surface area (Å²) in [7, 11) is -3.58. The number of amides is 1. The van der Waals surface area contributed by atoms with Crippen molar-refractivity contribution in [3.05, 3.63) is 63.6 Å². The molecule has 1 amide bonds. The van der Waals surface area contributed by atoms with Crippen LogP contribution in [0.1, 0.15) is 43.7 Å². The van der Waals surface area contributed by atoms with E-state index in [0.29, 0.717) is 54.1 Å². The van der Waals surface area contributed by atoms with Gasteiger partial charge in [0.15, 0.2) is 0 Å². The molecule has 0 saturated carbocycles. The first-order chi connectivity index (χ1) is 15.7. The van der Waals surface area contributed by atoms with E-state index in [1.54, 1.807) is 18.2 Å². The van der Waals surface area contributed by atoms with Crippen molar-refractivity contribution in [1.29, 1.82) is 0 Å². The number of carbonyl (C=O) groups excluding carboxylic acids is 1. The van der Waals surface area contributed by atoms with Crippen molar-refractivity contribution < 1.29 is 17.9 Å². The van der Waals surface area contributed by atoms with Gasteiger partial charge in [-0.25, -0.2) is 12.7 Å². The number of para-hydroxylation sites is 1. The van der Waals surface area contributed by atoms with Crippen molar-refractivity contribution in [2.24, 2.45) is 5.92 Å². The molecule has 1 fully saturated rings. The lowest BCUT2D eigenvalue weighted by Crippen LogP contribution is -2.46. The zero-order valence-corrected chi connectivity index (χ0v) is 21.2. The molecule has 0 spiro atoms. The van der Waals surface area contributed by atoms with Gasteiger partial charge < -0.3 is 10.1 Å². The van der Waals surface area contributed by atoms with Crippen LogP contribution in [0.25, 0.3) is 0 Å². The standard InChI is InChI=1S/C24H30Cl2N2O4S/c1-17(2)20-7-3-4-8-23(20)32-13-11-27-24(29)19-6-5-12-28(15-19)33(30,31)16-18-9-10-21(25)22(26)14-18/h3-4,7-10,14,17,19H,5-6,11-13,15-16H2,1-2H3,(H,27,29). The average molecular weight is 513 g/mol. The Balaban J connectivity index is 1.51. The van der Waals surface area contributed by atoms with Crippen LogP contribution >= 0.6 is 23.2 Å². The van der Waals surface area contributed by atoms with E-state index in [-0.39, 0.29) is 24.1 Å². The van der Waals surface area contributed by atoms with Crippen LogP contribution in [0, 0.1) is 5.92 Å². The van der Waals surface area contributed by atoms with Gasteiger partial charge in [-0.15, -0.1) is 0 Å². The lowest BCUT2D eigenvalue weighted by atomic mass is 9.99. The molecule has 33 heavy (non-hydrogen) atoms. The Bertz CT molecular complexity index is 1080. The van der Waals surface area contributed by atoms with E-state index >= 15 is 0 Å². The third-order valence-electron chi connectivity index (χ3n) is 5.68. The highest BCUT2D eigenvalue weighted by Crippen LogP contribution is 2.27. The van der Waals surface area contributed by atoms with Crippen LogP contribution < -0.4 is 10.1 Å². The summed E-state index contributed by atoms with van der Waals surface area (Å²) in [4.78, 5) is 12.7. The Morgan fingerprint density at radius 3 is 2.67 bits per heavy atom. The molecule has 0 aliphatic carbocycles. The maximum absolute atomic E-state index is 12.9. The van der Waals surface area contributed by atoms with Gasteiger partial charge in [0.2, 0.25) is 15.9 Å². The van der Waals surface area contributed by atoms with Crippen molar-refractivity contribution in [2.75, 3.05) is 26.2 Å². The third-order valence-corrected chi connectivity index (χ3v) is 8.24. The maximum Gasteiger partial charge on any atom is 0.224 e. The van der Waals surface area contributed by atoms with Crippen molar-refractivity contribution in [1.82, 2.24) is 9.62 Å². The zero-order chi connectivity index (χ0) is 24.0. The highest BCUT2D eigenvalue weighted by Gasteiger charge is 2.32. The molecule has 2 aromatic rings. The van der Waals surface area contributed by atoms with Crippen molar-refractivity contribution in [2.45, 2.75) is 38.4 Å². The number of ether oxygens (including phenoxy) is 1. The first-order valence-corrected chi connectivity index (χ1v) is 13.4. The fraction of sp³-hybridized carbons (Fsp3) is 0.458. The fourth-order valence-electron chi connectivity index (χ4n) is 3.91. The third kappa shape index (κ3) is 7.09. The molecule has 9 heteroatoms. The van der Waals surface area contributed by atoms with Crippen LogP contribution in [0.4, 0.5) is 0 Å². The van der Waals surface area contributed by atoms with E-state index in [1.807, 2.05) is 24.3 Å². The maximum atomic E-state index is 12.9. The molecular formula is C24H30Cl2N2O4S. The van der Waals surface area contributed by atoms with Gasteiger partial charge in [0.25, 0.3) is 0 Å². The lowest BCUT2D eigenvalue weighted by molar-refractivity contribution is -0.126. The number of halogens is 2.